The second-order valence-electron chi connectivity index (χ2n) is 5.06. The van der Waals surface area contributed by atoms with Crippen LogP contribution in [0.3, 0.4) is 0 Å². The molecule has 1 saturated heterocycles. The number of likely N-dealkylation sites (tertiary alicyclic amines) is 1. The molecular weight excluding hydrogens is 242 g/mol. The molecule has 3 nitrogen and oxygen atoms in total. The Labute approximate surface area is 112 Å². The van der Waals surface area contributed by atoms with Crippen molar-refractivity contribution in [3.63, 3.8) is 0 Å². The van der Waals surface area contributed by atoms with Crippen molar-refractivity contribution in [3.8, 4) is 0 Å². The molecule has 0 radical (unpaired) electrons. The number of likely N-dealkylation sites (N-methyl/N-ethyl adjacent to an activating group) is 1. The van der Waals surface area contributed by atoms with E-state index in [9.17, 15) is 0 Å². The average Bonchev–Trinajstić information content (AvgIpc) is 2.79. The van der Waals surface area contributed by atoms with E-state index in [0.29, 0.717) is 6.04 Å². The second kappa shape index (κ2) is 5.34. The summed E-state index contributed by atoms with van der Waals surface area (Å²) in [6.45, 7) is 3.29. The van der Waals surface area contributed by atoms with Gasteiger partial charge >= 0.3 is 0 Å². The topological polar surface area (TPSA) is 28.2 Å². The Morgan fingerprint density at radius 1 is 1.44 bits per heavy atom. The first kappa shape index (κ1) is 12.1. The first-order valence-electron chi connectivity index (χ1n) is 6.57. The Morgan fingerprint density at radius 3 is 3.17 bits per heavy atom. The molecule has 0 spiro atoms. The molecule has 0 aliphatic carbocycles. The molecule has 1 atom stereocenters. The van der Waals surface area contributed by atoms with Crippen molar-refractivity contribution in [2.24, 2.45) is 0 Å². The van der Waals surface area contributed by atoms with Gasteiger partial charge in [-0.2, -0.15) is 0 Å². The number of fused-ring (bicyclic) bond motifs is 1. The van der Waals surface area contributed by atoms with Crippen LogP contribution in [0.5, 0.6) is 0 Å². The van der Waals surface area contributed by atoms with Crippen LogP contribution < -0.4 is 5.32 Å². The van der Waals surface area contributed by atoms with Gasteiger partial charge in [-0.25, -0.2) is 4.98 Å². The molecule has 18 heavy (non-hydrogen) atoms. The minimum absolute atomic E-state index is 0.621. The summed E-state index contributed by atoms with van der Waals surface area (Å²) in [5.74, 6) is 0. The van der Waals surface area contributed by atoms with Crippen molar-refractivity contribution in [2.75, 3.05) is 20.1 Å². The zero-order valence-electron chi connectivity index (χ0n) is 10.7. The molecule has 1 fully saturated rings. The average molecular weight is 261 g/mol. The lowest BCUT2D eigenvalue weighted by atomic mass is 10.1. The van der Waals surface area contributed by atoms with Crippen LogP contribution in [0.4, 0.5) is 0 Å². The first-order valence-corrected chi connectivity index (χ1v) is 7.39. The summed E-state index contributed by atoms with van der Waals surface area (Å²) >= 11 is 1.80. The highest BCUT2D eigenvalue weighted by molar-refractivity contribution is 7.18. The SMILES string of the molecule is CN1CCCC(NCc2nc3ccccc3s2)C1. The van der Waals surface area contributed by atoms with Crippen LogP contribution in [-0.4, -0.2) is 36.1 Å². The molecule has 96 valence electrons. The molecule has 0 amide bonds. The number of hydrogen-bond donors (Lipinski definition) is 1. The number of nitrogens with one attached hydrogen (secondary N) is 1. The number of thiazole rings is 1. The summed E-state index contributed by atoms with van der Waals surface area (Å²) in [7, 11) is 2.20. The lowest BCUT2D eigenvalue weighted by molar-refractivity contribution is 0.226. The van der Waals surface area contributed by atoms with Gasteiger partial charge in [-0.3, -0.25) is 0 Å². The van der Waals surface area contributed by atoms with E-state index < -0.39 is 0 Å². The predicted octanol–water partition coefficient (Wildman–Crippen LogP) is 2.48. The molecule has 1 N–H and O–H groups in total. The molecule has 1 aliphatic heterocycles. The van der Waals surface area contributed by atoms with E-state index in [1.807, 2.05) is 0 Å². The number of para-hydroxylation sites is 1. The molecule has 3 rings (SSSR count). The van der Waals surface area contributed by atoms with E-state index in [-0.39, 0.29) is 0 Å². The van der Waals surface area contributed by atoms with Gasteiger partial charge in [0.25, 0.3) is 0 Å². The van der Waals surface area contributed by atoms with Gasteiger partial charge in [0, 0.05) is 19.1 Å². The summed E-state index contributed by atoms with van der Waals surface area (Å²) < 4.78 is 1.29. The predicted molar refractivity (Wildman–Crippen MR) is 77.0 cm³/mol. The number of benzene rings is 1. The van der Waals surface area contributed by atoms with Gasteiger partial charge in [-0.05, 0) is 38.6 Å². The maximum absolute atomic E-state index is 4.66. The third kappa shape index (κ3) is 2.71. The van der Waals surface area contributed by atoms with Crippen LogP contribution in [-0.2, 0) is 6.54 Å². The summed E-state index contributed by atoms with van der Waals surface area (Å²) in [6, 6.07) is 8.98. The smallest absolute Gasteiger partial charge is 0.108 e. The van der Waals surface area contributed by atoms with Gasteiger partial charge in [0.15, 0.2) is 0 Å². The molecule has 1 aromatic heterocycles. The molecule has 1 aliphatic rings. The maximum atomic E-state index is 4.66. The highest BCUT2D eigenvalue weighted by Gasteiger charge is 2.16. The van der Waals surface area contributed by atoms with Crippen LogP contribution in [0.15, 0.2) is 24.3 Å². The van der Waals surface area contributed by atoms with E-state index in [1.54, 1.807) is 11.3 Å². The number of aromatic nitrogens is 1. The molecular formula is C14H19N3S. The van der Waals surface area contributed by atoms with Crippen molar-refractivity contribution < 1.29 is 0 Å². The Bertz CT molecular complexity index is 489. The van der Waals surface area contributed by atoms with Gasteiger partial charge in [0.05, 0.1) is 10.2 Å². The van der Waals surface area contributed by atoms with Crippen molar-refractivity contribution in [2.45, 2.75) is 25.4 Å². The minimum atomic E-state index is 0.621. The zero-order chi connectivity index (χ0) is 12.4. The molecule has 2 aromatic rings. The van der Waals surface area contributed by atoms with Crippen LogP contribution in [0.2, 0.25) is 0 Å². The van der Waals surface area contributed by atoms with Crippen molar-refractivity contribution >= 4 is 21.6 Å². The summed E-state index contributed by atoms with van der Waals surface area (Å²) in [5.41, 5.74) is 1.13. The Kier molecular flexibility index (Phi) is 3.59. The fraction of sp³-hybridized carbons (Fsp3) is 0.500. The molecule has 0 saturated carbocycles. The van der Waals surface area contributed by atoms with Gasteiger partial charge in [0.1, 0.15) is 5.01 Å². The van der Waals surface area contributed by atoms with Crippen molar-refractivity contribution in [1.82, 2.24) is 15.2 Å². The zero-order valence-corrected chi connectivity index (χ0v) is 11.5. The van der Waals surface area contributed by atoms with E-state index in [0.717, 1.165) is 18.6 Å². The Morgan fingerprint density at radius 2 is 2.33 bits per heavy atom. The molecule has 0 bridgehead atoms. The van der Waals surface area contributed by atoms with Crippen LogP contribution in [0, 0.1) is 0 Å². The van der Waals surface area contributed by atoms with Gasteiger partial charge in [-0.1, -0.05) is 12.1 Å². The molecule has 4 heteroatoms. The van der Waals surface area contributed by atoms with Crippen LogP contribution >= 0.6 is 11.3 Å². The number of hydrogen-bond acceptors (Lipinski definition) is 4. The summed E-state index contributed by atoms with van der Waals surface area (Å²) in [4.78, 5) is 7.06. The quantitative estimate of drug-likeness (QED) is 0.920. The standard InChI is InChI=1S/C14H19N3S/c1-17-8-4-5-11(10-17)15-9-14-16-12-6-2-3-7-13(12)18-14/h2-3,6-7,11,15H,4-5,8-10H2,1H3. The third-order valence-electron chi connectivity index (χ3n) is 3.50. The number of piperidine rings is 1. The van der Waals surface area contributed by atoms with E-state index in [4.69, 9.17) is 0 Å². The fourth-order valence-electron chi connectivity index (χ4n) is 2.56. The first-order chi connectivity index (χ1) is 8.81. The fourth-order valence-corrected chi connectivity index (χ4v) is 3.48. The lowest BCUT2D eigenvalue weighted by Gasteiger charge is -2.30. The summed E-state index contributed by atoms with van der Waals surface area (Å²) in [6.07, 6.45) is 2.59. The van der Waals surface area contributed by atoms with E-state index in [1.165, 1.54) is 29.1 Å². The molecule has 1 aromatic carbocycles. The van der Waals surface area contributed by atoms with Crippen molar-refractivity contribution in [1.29, 1.82) is 0 Å². The Hall–Kier alpha value is -0.970. The lowest BCUT2D eigenvalue weighted by Crippen LogP contribution is -2.43. The Balaban J connectivity index is 1.62. The third-order valence-corrected chi connectivity index (χ3v) is 4.54. The number of nitrogens with zero attached hydrogens (tertiary/aromatic N) is 2. The highest BCUT2D eigenvalue weighted by atomic mass is 32.1. The highest BCUT2D eigenvalue weighted by Crippen LogP contribution is 2.21. The molecule has 1 unspecified atom stereocenters. The monoisotopic (exact) mass is 261 g/mol. The summed E-state index contributed by atoms with van der Waals surface area (Å²) in [5, 5.41) is 4.83. The second-order valence-corrected chi connectivity index (χ2v) is 6.17. The van der Waals surface area contributed by atoms with Crippen LogP contribution in [0.1, 0.15) is 17.8 Å². The van der Waals surface area contributed by atoms with Gasteiger partial charge < -0.3 is 10.2 Å². The molecule has 2 heterocycles. The minimum Gasteiger partial charge on any atom is -0.306 e. The van der Waals surface area contributed by atoms with Gasteiger partial charge in [-0.15, -0.1) is 11.3 Å². The maximum Gasteiger partial charge on any atom is 0.108 e. The van der Waals surface area contributed by atoms with Gasteiger partial charge in [0.2, 0.25) is 0 Å². The normalized spacial score (nSPS) is 21.5. The number of rotatable bonds is 3. The largest absolute Gasteiger partial charge is 0.306 e. The van der Waals surface area contributed by atoms with Crippen LogP contribution in [0.25, 0.3) is 10.2 Å². The van der Waals surface area contributed by atoms with E-state index >= 15 is 0 Å². The van der Waals surface area contributed by atoms with E-state index in [2.05, 4.69) is 46.5 Å². The van der Waals surface area contributed by atoms with Crippen molar-refractivity contribution in [3.05, 3.63) is 29.3 Å².